The summed E-state index contributed by atoms with van der Waals surface area (Å²) >= 11 is 0. The van der Waals surface area contributed by atoms with Gasteiger partial charge in [0.25, 0.3) is 5.91 Å². The van der Waals surface area contributed by atoms with Gasteiger partial charge in [0.15, 0.2) is 5.82 Å². The zero-order chi connectivity index (χ0) is 28.0. The van der Waals surface area contributed by atoms with Gasteiger partial charge < -0.3 is 25.8 Å². The highest BCUT2D eigenvalue weighted by Crippen LogP contribution is 2.30. The van der Waals surface area contributed by atoms with Crippen molar-refractivity contribution >= 4 is 28.7 Å². The van der Waals surface area contributed by atoms with Crippen LogP contribution in [0.15, 0.2) is 42.7 Å². The van der Waals surface area contributed by atoms with E-state index in [0.29, 0.717) is 58.5 Å². The van der Waals surface area contributed by atoms with E-state index in [2.05, 4.69) is 39.5 Å². The standard InChI is InChI=1S/C28H36N8O3/c1-6-7-12-28(2,15-22-20(25(29)37)17-36(3)35-22)34-26-24-21(9-8-13-30-24)32-27(33-26)31-16-18-10-11-19(38-4)14-23(18)39-5/h8-11,13-14,17H,6-7,12,15-16H2,1-5H3,(H2,29,37)(H2,31,32,33,34)/t28-/m1/s1. The number of pyridine rings is 1. The van der Waals surface area contributed by atoms with Crippen LogP contribution >= 0.6 is 0 Å². The minimum Gasteiger partial charge on any atom is -0.497 e. The lowest BCUT2D eigenvalue weighted by Gasteiger charge is -2.31. The van der Waals surface area contributed by atoms with Crippen LogP contribution in [-0.4, -0.2) is 50.4 Å². The number of benzene rings is 1. The number of hydrogen-bond donors (Lipinski definition) is 3. The molecule has 1 aromatic carbocycles. The second-order valence-electron chi connectivity index (χ2n) is 9.79. The number of carbonyl (C=O) groups is 1. The molecule has 0 aliphatic heterocycles. The average Bonchev–Trinajstić information content (AvgIpc) is 3.30. The number of primary amides is 1. The maximum absolute atomic E-state index is 12.1. The third-order valence-corrected chi connectivity index (χ3v) is 6.62. The number of anilines is 2. The van der Waals surface area contributed by atoms with Gasteiger partial charge in [-0.25, -0.2) is 4.98 Å². The molecule has 11 heteroatoms. The van der Waals surface area contributed by atoms with Crippen LogP contribution in [0.2, 0.25) is 0 Å². The Labute approximate surface area is 228 Å². The number of methoxy groups -OCH3 is 2. The lowest BCUT2D eigenvalue weighted by atomic mass is 9.88. The molecule has 0 saturated heterocycles. The maximum atomic E-state index is 12.1. The van der Waals surface area contributed by atoms with Crippen LogP contribution in [0.5, 0.6) is 11.5 Å². The van der Waals surface area contributed by atoms with E-state index in [9.17, 15) is 4.79 Å². The summed E-state index contributed by atoms with van der Waals surface area (Å²) in [6.07, 6.45) is 6.68. The van der Waals surface area contributed by atoms with Crippen LogP contribution in [0.25, 0.3) is 11.0 Å². The third kappa shape index (κ3) is 6.54. The molecule has 4 rings (SSSR count). The van der Waals surface area contributed by atoms with Crippen LogP contribution < -0.4 is 25.8 Å². The molecule has 39 heavy (non-hydrogen) atoms. The van der Waals surface area contributed by atoms with Crippen molar-refractivity contribution in [2.45, 2.75) is 51.6 Å². The molecule has 3 heterocycles. The number of aromatic nitrogens is 5. The molecule has 4 N–H and O–H groups in total. The summed E-state index contributed by atoms with van der Waals surface area (Å²) in [6.45, 7) is 4.70. The summed E-state index contributed by atoms with van der Waals surface area (Å²) in [5.74, 6) is 1.97. The highest BCUT2D eigenvalue weighted by atomic mass is 16.5. The molecule has 206 valence electrons. The zero-order valence-corrected chi connectivity index (χ0v) is 23.1. The molecule has 0 aliphatic rings. The number of nitrogens with two attached hydrogens (primary N) is 1. The fourth-order valence-corrected chi connectivity index (χ4v) is 4.59. The Hall–Kier alpha value is -4.41. The molecule has 1 atom stereocenters. The predicted molar refractivity (Wildman–Crippen MR) is 151 cm³/mol. The van der Waals surface area contributed by atoms with Crippen LogP contribution in [-0.2, 0) is 20.0 Å². The molecule has 4 aromatic rings. The minimum absolute atomic E-state index is 0.420. The third-order valence-electron chi connectivity index (χ3n) is 6.62. The lowest BCUT2D eigenvalue weighted by Crippen LogP contribution is -2.38. The van der Waals surface area contributed by atoms with Gasteiger partial charge in [0.05, 0.1) is 31.0 Å². The molecular formula is C28H36N8O3. The molecule has 0 spiro atoms. The Bertz CT molecular complexity index is 1450. The molecule has 3 aromatic heterocycles. The summed E-state index contributed by atoms with van der Waals surface area (Å²) < 4.78 is 12.5. The molecule has 1 amide bonds. The number of unbranched alkanes of at least 4 members (excludes halogenated alkanes) is 1. The maximum Gasteiger partial charge on any atom is 0.252 e. The molecule has 0 unspecified atom stereocenters. The van der Waals surface area contributed by atoms with E-state index < -0.39 is 11.4 Å². The summed E-state index contributed by atoms with van der Waals surface area (Å²) in [6, 6.07) is 9.42. The summed E-state index contributed by atoms with van der Waals surface area (Å²) in [5, 5.41) is 11.5. The van der Waals surface area contributed by atoms with E-state index in [-0.39, 0.29) is 0 Å². The Morgan fingerprint density at radius 1 is 1.18 bits per heavy atom. The van der Waals surface area contributed by atoms with Gasteiger partial charge in [-0.15, -0.1) is 0 Å². The average molecular weight is 533 g/mol. The van der Waals surface area contributed by atoms with Gasteiger partial charge in [0, 0.05) is 49.6 Å². The van der Waals surface area contributed by atoms with Crippen molar-refractivity contribution in [1.82, 2.24) is 24.7 Å². The number of carbonyl (C=O) groups excluding carboxylic acids is 1. The first-order valence-electron chi connectivity index (χ1n) is 12.9. The second-order valence-corrected chi connectivity index (χ2v) is 9.79. The van der Waals surface area contributed by atoms with Crippen LogP contribution in [0, 0.1) is 0 Å². The zero-order valence-electron chi connectivity index (χ0n) is 23.1. The van der Waals surface area contributed by atoms with Crippen molar-refractivity contribution < 1.29 is 14.3 Å². The van der Waals surface area contributed by atoms with E-state index in [1.165, 1.54) is 0 Å². The SMILES string of the molecule is CCCC[C@](C)(Cc1nn(C)cc1C(N)=O)Nc1nc(NCc2ccc(OC)cc2OC)nc2cccnc12. The highest BCUT2D eigenvalue weighted by molar-refractivity contribution is 5.93. The number of fused-ring (bicyclic) bond motifs is 1. The Kier molecular flexibility index (Phi) is 8.48. The van der Waals surface area contributed by atoms with Crippen LogP contribution in [0.3, 0.4) is 0 Å². The van der Waals surface area contributed by atoms with E-state index >= 15 is 0 Å². The summed E-state index contributed by atoms with van der Waals surface area (Å²) in [4.78, 5) is 26.2. The second kappa shape index (κ2) is 12.0. The fourth-order valence-electron chi connectivity index (χ4n) is 4.59. The highest BCUT2D eigenvalue weighted by Gasteiger charge is 2.29. The van der Waals surface area contributed by atoms with Gasteiger partial charge in [-0.1, -0.05) is 19.8 Å². The number of amides is 1. The van der Waals surface area contributed by atoms with Gasteiger partial charge in [-0.05, 0) is 37.6 Å². The van der Waals surface area contributed by atoms with E-state index in [4.69, 9.17) is 20.2 Å². The van der Waals surface area contributed by atoms with Crippen molar-refractivity contribution in [3.63, 3.8) is 0 Å². The predicted octanol–water partition coefficient (Wildman–Crippen LogP) is 4.09. The van der Waals surface area contributed by atoms with E-state index in [1.807, 2.05) is 30.3 Å². The molecule has 0 aliphatic carbocycles. The van der Waals surface area contributed by atoms with Crippen molar-refractivity contribution in [1.29, 1.82) is 0 Å². The van der Waals surface area contributed by atoms with Crippen molar-refractivity contribution in [3.05, 3.63) is 59.5 Å². The first kappa shape index (κ1) is 27.6. The number of ether oxygens (including phenoxy) is 2. The number of nitrogens with zero attached hydrogens (tertiary/aromatic N) is 5. The topological polar surface area (TPSA) is 142 Å². The Morgan fingerprint density at radius 3 is 2.72 bits per heavy atom. The quantitative estimate of drug-likeness (QED) is 0.232. The smallest absolute Gasteiger partial charge is 0.252 e. The van der Waals surface area contributed by atoms with Gasteiger partial charge in [-0.3, -0.25) is 14.5 Å². The largest absolute Gasteiger partial charge is 0.497 e. The summed E-state index contributed by atoms with van der Waals surface area (Å²) in [7, 11) is 5.03. The van der Waals surface area contributed by atoms with E-state index in [0.717, 1.165) is 24.8 Å². The molecule has 0 saturated carbocycles. The molecular weight excluding hydrogens is 496 g/mol. The number of rotatable bonds is 13. The monoisotopic (exact) mass is 532 g/mol. The lowest BCUT2D eigenvalue weighted by molar-refractivity contribution is 0.0999. The first-order chi connectivity index (χ1) is 18.7. The first-order valence-corrected chi connectivity index (χ1v) is 12.9. The molecule has 0 fully saturated rings. The van der Waals surface area contributed by atoms with Gasteiger partial charge >= 0.3 is 0 Å². The van der Waals surface area contributed by atoms with E-state index in [1.54, 1.807) is 38.3 Å². The van der Waals surface area contributed by atoms with Crippen LogP contribution in [0.1, 0.15) is 54.7 Å². The summed E-state index contributed by atoms with van der Waals surface area (Å²) in [5.41, 5.74) is 8.52. The minimum atomic E-state index is -0.495. The van der Waals surface area contributed by atoms with Crippen molar-refractivity contribution in [2.24, 2.45) is 12.8 Å². The van der Waals surface area contributed by atoms with Crippen LogP contribution in [0.4, 0.5) is 11.8 Å². The molecule has 0 radical (unpaired) electrons. The number of aryl methyl sites for hydroxylation is 1. The molecule has 0 bridgehead atoms. The van der Waals surface area contributed by atoms with Gasteiger partial charge in [-0.2, -0.15) is 10.1 Å². The Balaban J connectivity index is 1.66. The van der Waals surface area contributed by atoms with Gasteiger partial charge in [0.2, 0.25) is 5.95 Å². The van der Waals surface area contributed by atoms with Crippen molar-refractivity contribution in [3.8, 4) is 11.5 Å². The molecule has 11 nitrogen and oxygen atoms in total. The number of nitrogens with one attached hydrogen (secondary N) is 2. The normalized spacial score (nSPS) is 12.6. The fraction of sp³-hybridized carbons (Fsp3) is 0.393. The number of hydrogen-bond acceptors (Lipinski definition) is 9. The Morgan fingerprint density at radius 2 is 2.00 bits per heavy atom. The van der Waals surface area contributed by atoms with Gasteiger partial charge in [0.1, 0.15) is 17.0 Å². The van der Waals surface area contributed by atoms with Crippen molar-refractivity contribution in [2.75, 3.05) is 24.9 Å².